The molecule has 1 rings (SSSR count). The summed E-state index contributed by atoms with van der Waals surface area (Å²) in [7, 11) is 1.82. The molecule has 1 N–H and O–H groups in total. The Morgan fingerprint density at radius 3 is 2.78 bits per heavy atom. The monoisotopic (exact) mass is 131 g/mol. The van der Waals surface area contributed by atoms with Crippen LogP contribution in [0.25, 0.3) is 0 Å². The first-order valence-corrected chi connectivity index (χ1v) is 2.73. The summed E-state index contributed by atoms with van der Waals surface area (Å²) in [6, 6.07) is 0. The van der Waals surface area contributed by atoms with Gasteiger partial charge in [-0.2, -0.15) is 0 Å². The van der Waals surface area contributed by atoms with Crippen LogP contribution in [0.1, 0.15) is 0 Å². The molecule has 1 atom stereocenters. The zero-order chi connectivity index (χ0) is 6.85. The number of ether oxygens (including phenoxy) is 1. The van der Waals surface area contributed by atoms with Gasteiger partial charge in [-0.1, -0.05) is 0 Å². The maximum Gasteiger partial charge on any atom is 0.334 e. The Bertz CT molecular complexity index is 125. The van der Waals surface area contributed by atoms with Gasteiger partial charge in [0.25, 0.3) is 0 Å². The highest BCUT2D eigenvalue weighted by Gasteiger charge is 2.25. The second-order valence-corrected chi connectivity index (χ2v) is 2.16. The maximum atomic E-state index is 10.2. The van der Waals surface area contributed by atoms with E-state index in [9.17, 15) is 4.79 Å². The lowest BCUT2D eigenvalue weighted by molar-refractivity contribution is -0.146. The number of carboxylic acid groups (broad SMARTS) is 1. The number of carboxylic acids is 1. The van der Waals surface area contributed by atoms with Crippen molar-refractivity contribution < 1.29 is 14.6 Å². The van der Waals surface area contributed by atoms with Gasteiger partial charge in [0, 0.05) is 6.54 Å². The average Bonchev–Trinajstić information content (AvgIpc) is 2.14. The molecule has 0 radical (unpaired) electrons. The van der Waals surface area contributed by atoms with E-state index in [2.05, 4.69) is 0 Å². The molecule has 1 aliphatic rings. The normalized spacial score (nSPS) is 28.8. The van der Waals surface area contributed by atoms with Gasteiger partial charge in [-0.25, -0.2) is 4.79 Å². The van der Waals surface area contributed by atoms with E-state index in [-0.39, 0.29) is 0 Å². The zero-order valence-corrected chi connectivity index (χ0v) is 5.20. The van der Waals surface area contributed by atoms with Crippen molar-refractivity contribution in [2.24, 2.45) is 0 Å². The molecule has 1 fully saturated rings. The first kappa shape index (κ1) is 6.51. The topological polar surface area (TPSA) is 49.8 Å². The number of rotatable bonds is 1. The Morgan fingerprint density at radius 1 is 1.89 bits per heavy atom. The van der Waals surface area contributed by atoms with Crippen molar-refractivity contribution in [1.82, 2.24) is 4.90 Å². The Morgan fingerprint density at radius 2 is 2.56 bits per heavy atom. The van der Waals surface area contributed by atoms with Gasteiger partial charge in [0.1, 0.15) is 6.73 Å². The molecular weight excluding hydrogens is 122 g/mol. The minimum Gasteiger partial charge on any atom is -0.479 e. The molecule has 0 amide bonds. The highest BCUT2D eigenvalue weighted by Crippen LogP contribution is 2.04. The molecule has 0 saturated carbocycles. The van der Waals surface area contributed by atoms with Crippen LogP contribution in [0.4, 0.5) is 0 Å². The number of hydrogen-bond donors (Lipinski definition) is 1. The first-order valence-electron chi connectivity index (χ1n) is 2.73. The molecule has 4 nitrogen and oxygen atoms in total. The third-order valence-electron chi connectivity index (χ3n) is 1.25. The van der Waals surface area contributed by atoms with E-state index in [4.69, 9.17) is 9.84 Å². The van der Waals surface area contributed by atoms with Crippen molar-refractivity contribution >= 4 is 5.97 Å². The van der Waals surface area contributed by atoms with Gasteiger partial charge in [0.2, 0.25) is 0 Å². The van der Waals surface area contributed by atoms with Gasteiger partial charge < -0.3 is 9.84 Å². The van der Waals surface area contributed by atoms with Crippen molar-refractivity contribution in [2.75, 3.05) is 20.3 Å². The SMILES string of the molecule is CN1CO[C@@H](C(=O)O)C1. The number of hydrogen-bond acceptors (Lipinski definition) is 3. The lowest BCUT2D eigenvalue weighted by atomic mass is 10.4. The van der Waals surface area contributed by atoms with Crippen LogP contribution in [-0.4, -0.2) is 42.4 Å². The third kappa shape index (κ3) is 1.40. The number of nitrogens with zero attached hydrogens (tertiary/aromatic N) is 1. The standard InChI is InChI=1S/C5H9NO3/c1-6-2-4(5(7)8)9-3-6/h4H,2-3H2,1H3,(H,7,8)/t4-/m1/s1. The van der Waals surface area contributed by atoms with E-state index in [1.807, 2.05) is 11.9 Å². The highest BCUT2D eigenvalue weighted by atomic mass is 16.5. The first-order chi connectivity index (χ1) is 4.20. The van der Waals surface area contributed by atoms with Crippen molar-refractivity contribution in [2.45, 2.75) is 6.10 Å². The van der Waals surface area contributed by atoms with Crippen molar-refractivity contribution in [3.63, 3.8) is 0 Å². The van der Waals surface area contributed by atoms with Crippen LogP contribution in [0.3, 0.4) is 0 Å². The predicted molar refractivity (Wildman–Crippen MR) is 30.0 cm³/mol. The largest absolute Gasteiger partial charge is 0.479 e. The van der Waals surface area contributed by atoms with Gasteiger partial charge in [-0.05, 0) is 7.05 Å². The molecule has 0 unspecified atom stereocenters. The molecule has 4 heteroatoms. The summed E-state index contributed by atoms with van der Waals surface area (Å²) in [6.07, 6.45) is -0.616. The van der Waals surface area contributed by atoms with E-state index >= 15 is 0 Å². The fourth-order valence-corrected chi connectivity index (χ4v) is 0.755. The summed E-state index contributed by atoms with van der Waals surface area (Å²) >= 11 is 0. The van der Waals surface area contributed by atoms with Crippen LogP contribution in [0.5, 0.6) is 0 Å². The number of likely N-dealkylation sites (N-methyl/N-ethyl adjacent to an activating group) is 1. The van der Waals surface area contributed by atoms with Crippen LogP contribution in [0.2, 0.25) is 0 Å². The molecule has 0 aliphatic carbocycles. The Hall–Kier alpha value is -0.610. The van der Waals surface area contributed by atoms with Crippen LogP contribution in [0, 0.1) is 0 Å². The van der Waals surface area contributed by atoms with Crippen molar-refractivity contribution in [3.8, 4) is 0 Å². The summed E-state index contributed by atoms with van der Waals surface area (Å²) in [4.78, 5) is 12.0. The van der Waals surface area contributed by atoms with Crippen molar-refractivity contribution in [1.29, 1.82) is 0 Å². The quantitative estimate of drug-likeness (QED) is 0.514. The van der Waals surface area contributed by atoms with E-state index < -0.39 is 12.1 Å². The van der Waals surface area contributed by atoms with E-state index in [1.165, 1.54) is 0 Å². The van der Waals surface area contributed by atoms with Gasteiger partial charge >= 0.3 is 5.97 Å². The zero-order valence-electron chi connectivity index (χ0n) is 5.20. The molecule has 0 aromatic rings. The minimum absolute atomic E-state index is 0.428. The predicted octanol–water partition coefficient (Wildman–Crippen LogP) is -0.641. The van der Waals surface area contributed by atoms with Gasteiger partial charge in [-0.3, -0.25) is 4.90 Å². The third-order valence-corrected chi connectivity index (χ3v) is 1.25. The van der Waals surface area contributed by atoms with Gasteiger partial charge in [0.05, 0.1) is 0 Å². The molecule has 0 spiro atoms. The summed E-state index contributed by atoms with van der Waals surface area (Å²) in [6.45, 7) is 0.923. The average molecular weight is 131 g/mol. The summed E-state index contributed by atoms with van der Waals surface area (Å²) in [5.41, 5.74) is 0. The Kier molecular flexibility index (Phi) is 1.68. The Balaban J connectivity index is 2.39. The van der Waals surface area contributed by atoms with Crippen molar-refractivity contribution in [3.05, 3.63) is 0 Å². The molecule has 1 saturated heterocycles. The van der Waals surface area contributed by atoms with E-state index in [0.29, 0.717) is 13.3 Å². The van der Waals surface area contributed by atoms with Crippen LogP contribution >= 0.6 is 0 Å². The fourth-order valence-electron chi connectivity index (χ4n) is 0.755. The molecule has 0 bridgehead atoms. The summed E-state index contributed by atoms with van der Waals surface area (Å²) in [5, 5.41) is 8.38. The van der Waals surface area contributed by atoms with Crippen LogP contribution in [0.15, 0.2) is 0 Å². The molecule has 1 aliphatic heterocycles. The second kappa shape index (κ2) is 2.33. The van der Waals surface area contributed by atoms with Crippen LogP contribution in [-0.2, 0) is 9.53 Å². The number of carbonyl (C=O) groups is 1. The maximum absolute atomic E-state index is 10.2. The molecule has 0 aromatic carbocycles. The van der Waals surface area contributed by atoms with Gasteiger partial charge in [-0.15, -0.1) is 0 Å². The van der Waals surface area contributed by atoms with Gasteiger partial charge in [0.15, 0.2) is 6.10 Å². The smallest absolute Gasteiger partial charge is 0.334 e. The summed E-state index contributed by atoms with van der Waals surface area (Å²) < 4.78 is 4.85. The molecule has 52 valence electrons. The molecule has 0 aromatic heterocycles. The molecule has 1 heterocycles. The number of aliphatic carboxylic acids is 1. The molecule has 9 heavy (non-hydrogen) atoms. The lowest BCUT2D eigenvalue weighted by Crippen LogP contribution is -2.24. The minimum atomic E-state index is -0.876. The van der Waals surface area contributed by atoms with Crippen LogP contribution < -0.4 is 0 Å². The second-order valence-electron chi connectivity index (χ2n) is 2.16. The van der Waals surface area contributed by atoms with E-state index in [0.717, 1.165) is 0 Å². The Labute approximate surface area is 53.0 Å². The molecular formula is C5H9NO3. The fraction of sp³-hybridized carbons (Fsp3) is 0.800. The summed E-state index contributed by atoms with van der Waals surface area (Å²) in [5.74, 6) is -0.876. The lowest BCUT2D eigenvalue weighted by Gasteiger charge is -2.00. The highest BCUT2D eigenvalue weighted by molar-refractivity contribution is 5.72. The van der Waals surface area contributed by atoms with E-state index in [1.54, 1.807) is 0 Å².